The molecule has 1 amide bonds. The van der Waals surface area contributed by atoms with Gasteiger partial charge in [0, 0.05) is 5.56 Å². The zero-order chi connectivity index (χ0) is 22.7. The van der Waals surface area contributed by atoms with Gasteiger partial charge in [0.25, 0.3) is 11.7 Å². The number of nitrogens with zero attached hydrogens (tertiary/aromatic N) is 1. The molecule has 0 aliphatic carbocycles. The van der Waals surface area contributed by atoms with Crippen molar-refractivity contribution in [3.63, 3.8) is 0 Å². The first-order chi connectivity index (χ1) is 15.5. The van der Waals surface area contributed by atoms with Crippen molar-refractivity contribution in [3.8, 4) is 5.75 Å². The molecule has 164 valence electrons. The normalized spacial score (nSPS) is 17.8. The van der Waals surface area contributed by atoms with Gasteiger partial charge in [-0.05, 0) is 47.9 Å². The summed E-state index contributed by atoms with van der Waals surface area (Å²) < 4.78 is 11.1. The Kier molecular flexibility index (Phi) is 6.12. The van der Waals surface area contributed by atoms with E-state index in [9.17, 15) is 14.7 Å². The van der Waals surface area contributed by atoms with Crippen LogP contribution in [0.5, 0.6) is 5.75 Å². The monoisotopic (exact) mass is 431 g/mol. The molecule has 0 radical (unpaired) electrons. The van der Waals surface area contributed by atoms with Crippen LogP contribution in [0.4, 0.5) is 0 Å². The highest BCUT2D eigenvalue weighted by Crippen LogP contribution is 2.40. The highest BCUT2D eigenvalue weighted by atomic mass is 16.5. The molecule has 1 N–H and O–H groups in total. The summed E-state index contributed by atoms with van der Waals surface area (Å²) in [5.41, 5.74) is 1.24. The number of aliphatic hydroxyl groups is 1. The van der Waals surface area contributed by atoms with E-state index in [1.54, 1.807) is 36.4 Å². The highest BCUT2D eigenvalue weighted by molar-refractivity contribution is 6.46. The summed E-state index contributed by atoms with van der Waals surface area (Å²) in [6.45, 7) is 4.82. The Bertz CT molecular complexity index is 1110. The number of likely N-dealkylation sites (tertiary alicyclic amines) is 1. The van der Waals surface area contributed by atoms with Crippen molar-refractivity contribution < 1.29 is 23.8 Å². The van der Waals surface area contributed by atoms with Crippen LogP contribution in [0.15, 0.2) is 83.0 Å². The molecule has 1 aliphatic rings. The third kappa shape index (κ3) is 4.30. The lowest BCUT2D eigenvalue weighted by Gasteiger charge is -2.24. The number of carbonyl (C=O) groups is 2. The van der Waals surface area contributed by atoms with Gasteiger partial charge in [0.15, 0.2) is 0 Å². The fourth-order valence-corrected chi connectivity index (χ4v) is 3.72. The van der Waals surface area contributed by atoms with E-state index in [0.717, 1.165) is 5.56 Å². The molecule has 4 rings (SSSR count). The van der Waals surface area contributed by atoms with Gasteiger partial charge in [0.05, 0.1) is 31.0 Å². The van der Waals surface area contributed by atoms with Crippen LogP contribution in [0.1, 0.15) is 36.8 Å². The lowest BCUT2D eigenvalue weighted by molar-refractivity contribution is -0.140. The molecule has 2 aromatic carbocycles. The minimum absolute atomic E-state index is 0.0589. The van der Waals surface area contributed by atoms with E-state index in [1.165, 1.54) is 11.2 Å². The zero-order valence-electron chi connectivity index (χ0n) is 18.0. The fourth-order valence-electron chi connectivity index (χ4n) is 3.72. The van der Waals surface area contributed by atoms with Crippen molar-refractivity contribution in [1.82, 2.24) is 4.90 Å². The van der Waals surface area contributed by atoms with E-state index in [4.69, 9.17) is 9.15 Å². The molecule has 0 spiro atoms. The third-order valence-corrected chi connectivity index (χ3v) is 5.27. The van der Waals surface area contributed by atoms with Crippen LogP contribution < -0.4 is 4.74 Å². The standard InChI is InChI=1S/C26H25NO5/c1-17(2)16-32-20-12-10-19(11-13-20)24(28)22-23(18-7-4-3-5-8-18)27(26(30)25(22)29)15-21-9-6-14-31-21/h3-14,17,23,28H,15-16H2,1-2H3/b24-22-. The number of benzene rings is 2. The maximum absolute atomic E-state index is 13.0. The van der Waals surface area contributed by atoms with Crippen LogP contribution in [0, 0.1) is 5.92 Å². The molecule has 1 aliphatic heterocycles. The number of rotatable bonds is 7. The van der Waals surface area contributed by atoms with Gasteiger partial charge in [-0.15, -0.1) is 0 Å². The number of Topliss-reactive ketones (excluding diaryl/α,β-unsaturated/α-hetero) is 1. The van der Waals surface area contributed by atoms with E-state index < -0.39 is 17.7 Å². The highest BCUT2D eigenvalue weighted by Gasteiger charge is 2.46. The Morgan fingerprint density at radius 3 is 2.38 bits per heavy atom. The summed E-state index contributed by atoms with van der Waals surface area (Å²) in [5.74, 6) is 0.0120. The maximum Gasteiger partial charge on any atom is 0.296 e. The Labute approximate surface area is 186 Å². The van der Waals surface area contributed by atoms with Gasteiger partial charge in [-0.2, -0.15) is 0 Å². The lowest BCUT2D eigenvalue weighted by atomic mass is 9.95. The van der Waals surface area contributed by atoms with Gasteiger partial charge in [-0.25, -0.2) is 0 Å². The topological polar surface area (TPSA) is 80.0 Å². The second-order valence-electron chi connectivity index (χ2n) is 8.15. The van der Waals surface area contributed by atoms with E-state index >= 15 is 0 Å². The summed E-state index contributed by atoms with van der Waals surface area (Å²) in [6.07, 6.45) is 1.52. The number of hydrogen-bond donors (Lipinski definition) is 1. The van der Waals surface area contributed by atoms with Crippen molar-refractivity contribution in [2.75, 3.05) is 6.61 Å². The van der Waals surface area contributed by atoms with Crippen LogP contribution >= 0.6 is 0 Å². The first-order valence-electron chi connectivity index (χ1n) is 10.5. The summed E-state index contributed by atoms with van der Waals surface area (Å²) in [7, 11) is 0. The van der Waals surface area contributed by atoms with Crippen LogP contribution in [0.3, 0.4) is 0 Å². The summed E-state index contributed by atoms with van der Waals surface area (Å²) in [4.78, 5) is 27.4. The second-order valence-corrected chi connectivity index (χ2v) is 8.15. The molecule has 32 heavy (non-hydrogen) atoms. The lowest BCUT2D eigenvalue weighted by Crippen LogP contribution is -2.29. The molecule has 1 aromatic heterocycles. The molecule has 6 nitrogen and oxygen atoms in total. The maximum atomic E-state index is 13.0. The predicted molar refractivity (Wildman–Crippen MR) is 120 cm³/mol. The van der Waals surface area contributed by atoms with Crippen molar-refractivity contribution in [2.24, 2.45) is 5.92 Å². The minimum atomic E-state index is -0.724. The summed E-state index contributed by atoms with van der Waals surface area (Å²) in [6, 6.07) is 18.8. The van der Waals surface area contributed by atoms with Gasteiger partial charge in [-0.1, -0.05) is 44.2 Å². The molecular formula is C26H25NO5. The number of furan rings is 1. The SMILES string of the molecule is CC(C)COc1ccc(/C(O)=C2/C(=O)C(=O)N(Cc3ccco3)C2c2ccccc2)cc1. The minimum Gasteiger partial charge on any atom is -0.507 e. The van der Waals surface area contributed by atoms with Crippen LogP contribution in [0.2, 0.25) is 0 Å². The van der Waals surface area contributed by atoms with Crippen molar-refractivity contribution >= 4 is 17.4 Å². The van der Waals surface area contributed by atoms with Crippen molar-refractivity contribution in [1.29, 1.82) is 0 Å². The molecule has 1 unspecified atom stereocenters. The van der Waals surface area contributed by atoms with Gasteiger partial charge in [-0.3, -0.25) is 9.59 Å². The van der Waals surface area contributed by atoms with Crippen molar-refractivity contribution in [2.45, 2.75) is 26.4 Å². The number of carbonyl (C=O) groups excluding carboxylic acids is 2. The molecule has 1 fully saturated rings. The average molecular weight is 431 g/mol. The van der Waals surface area contributed by atoms with Gasteiger partial charge in [0.1, 0.15) is 17.3 Å². The van der Waals surface area contributed by atoms with Crippen LogP contribution in [-0.2, 0) is 16.1 Å². The predicted octanol–water partition coefficient (Wildman–Crippen LogP) is 4.94. The van der Waals surface area contributed by atoms with Crippen LogP contribution in [-0.4, -0.2) is 28.3 Å². The first kappa shape index (κ1) is 21.4. The largest absolute Gasteiger partial charge is 0.507 e. The van der Waals surface area contributed by atoms with E-state index in [1.807, 2.05) is 30.3 Å². The molecule has 6 heteroatoms. The molecule has 1 atom stereocenters. The average Bonchev–Trinajstić information content (AvgIpc) is 3.40. The van der Waals surface area contributed by atoms with E-state index in [-0.39, 0.29) is 17.9 Å². The van der Waals surface area contributed by atoms with Crippen molar-refractivity contribution in [3.05, 3.63) is 95.5 Å². The van der Waals surface area contributed by atoms with Gasteiger partial charge in [0.2, 0.25) is 0 Å². The van der Waals surface area contributed by atoms with E-state index in [0.29, 0.717) is 29.6 Å². The smallest absolute Gasteiger partial charge is 0.296 e. The molecule has 1 saturated heterocycles. The number of aliphatic hydroxyl groups excluding tert-OH is 1. The molecular weight excluding hydrogens is 406 g/mol. The van der Waals surface area contributed by atoms with Gasteiger partial charge >= 0.3 is 0 Å². The Hall–Kier alpha value is -3.80. The molecule has 2 heterocycles. The summed E-state index contributed by atoms with van der Waals surface area (Å²) in [5, 5.41) is 11.1. The van der Waals surface area contributed by atoms with Gasteiger partial charge < -0.3 is 19.2 Å². The number of amides is 1. The summed E-state index contributed by atoms with van der Waals surface area (Å²) >= 11 is 0. The van der Waals surface area contributed by atoms with E-state index in [2.05, 4.69) is 13.8 Å². The quantitative estimate of drug-likeness (QED) is 0.326. The molecule has 3 aromatic rings. The molecule has 0 saturated carbocycles. The number of ether oxygens (including phenoxy) is 1. The Morgan fingerprint density at radius 1 is 1.03 bits per heavy atom. The fraction of sp³-hybridized carbons (Fsp3) is 0.231. The Morgan fingerprint density at radius 2 is 1.75 bits per heavy atom. The number of hydrogen-bond acceptors (Lipinski definition) is 5. The van der Waals surface area contributed by atoms with Crippen LogP contribution in [0.25, 0.3) is 5.76 Å². The third-order valence-electron chi connectivity index (χ3n) is 5.27. The number of ketones is 1. The first-order valence-corrected chi connectivity index (χ1v) is 10.5. The Balaban J connectivity index is 1.73. The zero-order valence-corrected chi connectivity index (χ0v) is 18.0. The second kappa shape index (κ2) is 9.14. The molecule has 0 bridgehead atoms.